The number of rotatable bonds is 5. The van der Waals surface area contributed by atoms with Crippen molar-refractivity contribution in [1.29, 1.82) is 0 Å². The van der Waals surface area contributed by atoms with Crippen LogP contribution >= 0.6 is 0 Å². The molecule has 1 heterocycles. The van der Waals surface area contributed by atoms with Crippen LogP contribution in [0, 0.1) is 6.57 Å². The number of nitrogens with one attached hydrogen (secondary N) is 2. The first-order chi connectivity index (χ1) is 10.6. The van der Waals surface area contributed by atoms with Crippen LogP contribution in [0.3, 0.4) is 0 Å². The van der Waals surface area contributed by atoms with Crippen molar-refractivity contribution in [1.82, 2.24) is 15.3 Å². The third-order valence-corrected chi connectivity index (χ3v) is 3.05. The fourth-order valence-electron chi connectivity index (χ4n) is 1.89. The molecule has 0 saturated carbocycles. The Hall–Kier alpha value is -3.14. The van der Waals surface area contributed by atoms with Gasteiger partial charge in [-0.15, -0.1) is 0 Å². The summed E-state index contributed by atoms with van der Waals surface area (Å²) in [7, 11) is 1.27. The van der Waals surface area contributed by atoms with E-state index in [1.54, 1.807) is 30.5 Å². The first kappa shape index (κ1) is 15.3. The van der Waals surface area contributed by atoms with E-state index in [-0.39, 0.29) is 6.42 Å². The Morgan fingerprint density at radius 1 is 1.41 bits per heavy atom. The molecule has 0 spiro atoms. The Morgan fingerprint density at radius 3 is 2.68 bits per heavy atom. The van der Waals surface area contributed by atoms with E-state index in [0.29, 0.717) is 16.9 Å². The Bertz CT molecular complexity index is 687. The Kier molecular flexibility index (Phi) is 4.88. The van der Waals surface area contributed by atoms with Gasteiger partial charge in [-0.3, -0.25) is 4.79 Å². The number of nitrogens with zero attached hydrogens (tertiary/aromatic N) is 2. The smallest absolute Gasteiger partial charge is 0.339 e. The second kappa shape index (κ2) is 7.04. The number of H-pyrrole nitrogens is 1. The minimum absolute atomic E-state index is 0.259. The summed E-state index contributed by atoms with van der Waals surface area (Å²) in [5.74, 6) is -0.921. The molecule has 1 aromatic heterocycles. The predicted molar refractivity (Wildman–Crippen MR) is 80.0 cm³/mol. The molecule has 0 aliphatic rings. The highest BCUT2D eigenvalue weighted by Gasteiger charge is 2.23. The summed E-state index contributed by atoms with van der Waals surface area (Å²) in [5, 5.41) is 2.64. The van der Waals surface area contributed by atoms with Gasteiger partial charge in [0.1, 0.15) is 6.04 Å². The van der Waals surface area contributed by atoms with Gasteiger partial charge in [-0.1, -0.05) is 0 Å². The molecule has 1 aromatic carbocycles. The lowest BCUT2D eigenvalue weighted by molar-refractivity contribution is -0.142. The summed E-state index contributed by atoms with van der Waals surface area (Å²) in [6, 6.07) is 5.56. The average molecular weight is 299 g/mol. The minimum Gasteiger partial charge on any atom is -0.467 e. The lowest BCUT2D eigenvalue weighted by Crippen LogP contribution is -2.43. The van der Waals surface area contributed by atoms with E-state index < -0.39 is 17.9 Å². The number of hydrogen-bond acceptors (Lipinski definition) is 4. The van der Waals surface area contributed by atoms with Crippen molar-refractivity contribution in [3.8, 4) is 6.57 Å². The normalized spacial score (nSPS) is 11.3. The lowest BCUT2D eigenvalue weighted by Gasteiger charge is -2.15. The number of aromatic amines is 1. The Balaban J connectivity index is 2.10. The van der Waals surface area contributed by atoms with Crippen molar-refractivity contribution < 1.29 is 14.3 Å². The molecular weight excluding hydrogens is 284 g/mol. The SMILES string of the molecule is C#[N+]c1ccc(C(=O)N[C@H](Cc2cnc[nH]2)C(=O)OC)cc1. The van der Waals surface area contributed by atoms with E-state index in [9.17, 15) is 9.59 Å². The van der Waals surface area contributed by atoms with Crippen molar-refractivity contribution in [2.45, 2.75) is 12.5 Å². The van der Waals surface area contributed by atoms with Crippen LogP contribution in [0.5, 0.6) is 0 Å². The number of esters is 1. The summed E-state index contributed by atoms with van der Waals surface area (Å²) in [6.07, 6.45) is 3.34. The van der Waals surface area contributed by atoms with Gasteiger partial charge in [0.25, 0.3) is 12.5 Å². The number of aromatic nitrogens is 2. The van der Waals surface area contributed by atoms with Crippen LogP contribution in [0.4, 0.5) is 5.69 Å². The summed E-state index contributed by atoms with van der Waals surface area (Å²) in [4.78, 5) is 34.3. The van der Waals surface area contributed by atoms with Crippen LogP contribution in [0.1, 0.15) is 16.1 Å². The molecule has 1 atom stereocenters. The Labute approximate surface area is 127 Å². The second-order valence-electron chi connectivity index (χ2n) is 4.51. The van der Waals surface area contributed by atoms with Gasteiger partial charge < -0.3 is 15.0 Å². The van der Waals surface area contributed by atoms with Crippen LogP contribution in [0.25, 0.3) is 4.85 Å². The number of carbonyl (C=O) groups excluding carboxylic acids is 2. The van der Waals surface area contributed by atoms with Gasteiger partial charge in [-0.05, 0) is 17.0 Å². The van der Waals surface area contributed by atoms with Gasteiger partial charge in [0.05, 0.1) is 13.4 Å². The third-order valence-electron chi connectivity index (χ3n) is 3.05. The lowest BCUT2D eigenvalue weighted by atomic mass is 10.1. The summed E-state index contributed by atoms with van der Waals surface area (Å²) < 4.78 is 4.71. The van der Waals surface area contributed by atoms with Crippen molar-refractivity contribution in [2.75, 3.05) is 7.11 Å². The number of methoxy groups -OCH3 is 1. The maximum Gasteiger partial charge on any atom is 0.339 e. The number of amides is 1. The predicted octanol–water partition coefficient (Wildman–Crippen LogP) is 1.52. The fraction of sp³-hybridized carbons (Fsp3) is 0.200. The molecule has 7 heteroatoms. The van der Waals surface area contributed by atoms with Gasteiger partial charge in [0.2, 0.25) is 0 Å². The average Bonchev–Trinajstić information content (AvgIpc) is 3.06. The number of ether oxygens (including phenoxy) is 1. The summed E-state index contributed by atoms with van der Waals surface area (Å²) in [6.45, 7) is 5.14. The second-order valence-corrected chi connectivity index (χ2v) is 4.51. The first-order valence-corrected chi connectivity index (χ1v) is 6.51. The van der Waals surface area contributed by atoms with Crippen LogP contribution in [-0.4, -0.2) is 35.0 Å². The van der Waals surface area contributed by atoms with Gasteiger partial charge in [-0.25, -0.2) is 9.78 Å². The van der Waals surface area contributed by atoms with Crippen molar-refractivity contribution in [3.05, 3.63) is 52.9 Å². The van der Waals surface area contributed by atoms with Crippen LogP contribution in [-0.2, 0) is 16.0 Å². The first-order valence-electron chi connectivity index (χ1n) is 6.51. The minimum atomic E-state index is -0.808. The fourth-order valence-corrected chi connectivity index (χ4v) is 1.89. The Morgan fingerprint density at radius 2 is 2.14 bits per heavy atom. The maximum absolute atomic E-state index is 12.2. The molecule has 0 aliphatic carbocycles. The van der Waals surface area contributed by atoms with Crippen LogP contribution in [0.15, 0.2) is 36.8 Å². The molecule has 2 aromatic rings. The molecule has 0 fully saturated rings. The molecular formula is C15H15N4O3+. The zero-order valence-electron chi connectivity index (χ0n) is 11.9. The molecule has 0 saturated heterocycles. The number of carbonyl (C=O) groups is 2. The zero-order chi connectivity index (χ0) is 15.9. The van der Waals surface area contributed by atoms with Gasteiger partial charge in [-0.2, -0.15) is 0 Å². The molecule has 0 radical (unpaired) electrons. The molecule has 112 valence electrons. The van der Waals surface area contributed by atoms with Crippen LogP contribution < -0.4 is 5.32 Å². The van der Waals surface area contributed by atoms with Crippen molar-refractivity contribution in [3.63, 3.8) is 0 Å². The molecule has 2 N–H and O–H groups in total. The number of imidazole rings is 1. The van der Waals surface area contributed by atoms with Crippen LogP contribution in [0.2, 0.25) is 0 Å². The number of hydrogen-bond donors (Lipinski definition) is 2. The summed E-state index contributed by atoms with van der Waals surface area (Å²) >= 11 is 0. The standard InChI is InChI=1S/C15H14N4O3/c1-16-11-5-3-10(4-6-11)14(20)19-13(15(21)22-2)7-12-8-17-9-18-12/h1,3-6,8-9,13H,7H2,2H3,(H-,17,18,19,20)/p+1/t13-/m1/s1. The molecule has 2 rings (SSSR count). The molecule has 22 heavy (non-hydrogen) atoms. The highest BCUT2D eigenvalue weighted by molar-refractivity contribution is 5.97. The van der Waals surface area contributed by atoms with E-state index in [4.69, 9.17) is 11.3 Å². The molecule has 7 nitrogen and oxygen atoms in total. The largest absolute Gasteiger partial charge is 0.467 e. The number of benzene rings is 1. The van der Waals surface area contributed by atoms with E-state index in [2.05, 4.69) is 20.1 Å². The molecule has 0 unspecified atom stereocenters. The quantitative estimate of drug-likeness (QED) is 0.819. The maximum atomic E-state index is 12.2. The molecule has 1 amide bonds. The topological polar surface area (TPSA) is 88.4 Å². The highest BCUT2D eigenvalue weighted by atomic mass is 16.5. The van der Waals surface area contributed by atoms with Gasteiger partial charge in [0.15, 0.2) is 0 Å². The van der Waals surface area contributed by atoms with E-state index in [1.165, 1.54) is 13.4 Å². The van der Waals surface area contributed by atoms with Gasteiger partial charge >= 0.3 is 11.7 Å². The van der Waals surface area contributed by atoms with E-state index in [0.717, 1.165) is 0 Å². The van der Waals surface area contributed by atoms with E-state index >= 15 is 0 Å². The third kappa shape index (κ3) is 3.70. The summed E-state index contributed by atoms with van der Waals surface area (Å²) in [5.41, 5.74) is 1.66. The van der Waals surface area contributed by atoms with Crippen molar-refractivity contribution in [2.24, 2.45) is 0 Å². The molecule has 0 aliphatic heterocycles. The zero-order valence-corrected chi connectivity index (χ0v) is 11.9. The van der Waals surface area contributed by atoms with E-state index in [1.807, 2.05) is 0 Å². The van der Waals surface area contributed by atoms with Gasteiger partial charge in [0, 0.05) is 36.0 Å². The monoisotopic (exact) mass is 299 g/mol. The van der Waals surface area contributed by atoms with Crippen molar-refractivity contribution >= 4 is 17.6 Å². The molecule has 0 bridgehead atoms. The highest BCUT2D eigenvalue weighted by Crippen LogP contribution is 2.12.